The Labute approximate surface area is 138 Å². The lowest BCUT2D eigenvalue weighted by Gasteiger charge is -2.23. The van der Waals surface area contributed by atoms with Crippen LogP contribution in [0.1, 0.15) is 33.3 Å². The van der Waals surface area contributed by atoms with Crippen LogP contribution in [0.15, 0.2) is 29.4 Å². The van der Waals surface area contributed by atoms with Crippen LogP contribution in [-0.4, -0.2) is 32.8 Å². The molecule has 0 bridgehead atoms. The minimum atomic E-state index is -3.58. The SMILES string of the molecule is CC(=NNC(=O)CN(c1ccccc1C)S(C)(=O)=O)C(C)(C)C. The summed E-state index contributed by atoms with van der Waals surface area (Å²) in [5, 5.41) is 4.04. The van der Waals surface area contributed by atoms with Crippen LogP contribution in [0.4, 0.5) is 5.69 Å². The van der Waals surface area contributed by atoms with Gasteiger partial charge in [0, 0.05) is 11.1 Å². The molecule has 0 atom stereocenters. The third-order valence-electron chi connectivity index (χ3n) is 3.51. The fourth-order valence-electron chi connectivity index (χ4n) is 1.70. The van der Waals surface area contributed by atoms with Crippen molar-refractivity contribution in [3.63, 3.8) is 0 Å². The van der Waals surface area contributed by atoms with Crippen molar-refractivity contribution in [3.05, 3.63) is 29.8 Å². The first-order valence-electron chi connectivity index (χ1n) is 7.30. The van der Waals surface area contributed by atoms with Crippen molar-refractivity contribution in [2.24, 2.45) is 10.5 Å². The fourth-order valence-corrected chi connectivity index (χ4v) is 2.62. The third-order valence-corrected chi connectivity index (χ3v) is 4.63. The average Bonchev–Trinajstić information content (AvgIpc) is 2.41. The van der Waals surface area contributed by atoms with Gasteiger partial charge in [0.2, 0.25) is 10.0 Å². The molecule has 1 N–H and O–H groups in total. The molecule has 0 aliphatic rings. The summed E-state index contributed by atoms with van der Waals surface area (Å²) in [6.45, 7) is 9.24. The second-order valence-corrected chi connectivity index (χ2v) is 8.45. The number of nitrogens with zero attached hydrogens (tertiary/aromatic N) is 2. The maximum Gasteiger partial charge on any atom is 0.260 e. The highest BCUT2D eigenvalue weighted by atomic mass is 32.2. The summed E-state index contributed by atoms with van der Waals surface area (Å²) in [6, 6.07) is 7.03. The summed E-state index contributed by atoms with van der Waals surface area (Å²) in [4.78, 5) is 12.1. The molecule has 0 aliphatic carbocycles. The van der Waals surface area contributed by atoms with Gasteiger partial charge in [-0.1, -0.05) is 39.0 Å². The number of sulfonamides is 1. The van der Waals surface area contributed by atoms with Gasteiger partial charge in [-0.3, -0.25) is 9.10 Å². The monoisotopic (exact) mass is 339 g/mol. The van der Waals surface area contributed by atoms with Crippen molar-refractivity contribution in [2.45, 2.75) is 34.6 Å². The predicted octanol–water partition coefficient (Wildman–Crippen LogP) is 2.30. The van der Waals surface area contributed by atoms with Crippen LogP contribution < -0.4 is 9.73 Å². The molecule has 1 amide bonds. The maximum absolute atomic E-state index is 12.1. The lowest BCUT2D eigenvalue weighted by molar-refractivity contribution is -0.119. The largest absolute Gasteiger partial charge is 0.271 e. The number of para-hydroxylation sites is 1. The molecule has 128 valence electrons. The Morgan fingerprint density at radius 2 is 1.83 bits per heavy atom. The lowest BCUT2D eigenvalue weighted by Crippen LogP contribution is -2.39. The molecule has 0 radical (unpaired) electrons. The van der Waals surface area contributed by atoms with Gasteiger partial charge in [-0.05, 0) is 25.5 Å². The molecule has 6 nitrogen and oxygen atoms in total. The van der Waals surface area contributed by atoms with Crippen LogP contribution in [0.3, 0.4) is 0 Å². The molecule has 0 aromatic heterocycles. The van der Waals surface area contributed by atoms with Gasteiger partial charge in [0.1, 0.15) is 6.54 Å². The quantitative estimate of drug-likeness (QED) is 0.660. The predicted molar refractivity (Wildman–Crippen MR) is 94.1 cm³/mol. The molecule has 0 aliphatic heterocycles. The van der Waals surface area contributed by atoms with E-state index in [1.54, 1.807) is 25.1 Å². The number of carbonyl (C=O) groups excluding carboxylic acids is 1. The number of anilines is 1. The summed E-state index contributed by atoms with van der Waals surface area (Å²) >= 11 is 0. The number of aryl methyl sites for hydroxylation is 1. The summed E-state index contributed by atoms with van der Waals surface area (Å²) in [6.07, 6.45) is 1.08. The number of amides is 1. The van der Waals surface area contributed by atoms with E-state index in [2.05, 4.69) is 10.5 Å². The lowest BCUT2D eigenvalue weighted by atomic mass is 9.91. The Hall–Kier alpha value is -1.89. The van der Waals surface area contributed by atoms with E-state index < -0.39 is 15.9 Å². The standard InChI is InChI=1S/C16H25N3O3S/c1-12-9-7-8-10-14(12)19(23(6,21)22)11-15(20)18-17-13(2)16(3,4)5/h7-10H,11H2,1-6H3,(H,18,20). The van der Waals surface area contributed by atoms with Crippen LogP contribution >= 0.6 is 0 Å². The Balaban J connectivity index is 2.97. The van der Waals surface area contributed by atoms with Crippen molar-refractivity contribution in [1.82, 2.24) is 5.43 Å². The van der Waals surface area contributed by atoms with E-state index >= 15 is 0 Å². The van der Waals surface area contributed by atoms with Gasteiger partial charge in [-0.2, -0.15) is 5.10 Å². The minimum absolute atomic E-state index is 0.167. The van der Waals surface area contributed by atoms with Crippen LogP contribution in [-0.2, 0) is 14.8 Å². The number of hydrazone groups is 1. The van der Waals surface area contributed by atoms with Crippen molar-refractivity contribution in [3.8, 4) is 0 Å². The molecule has 1 aromatic carbocycles. The molecule has 1 aromatic rings. The summed E-state index contributed by atoms with van der Waals surface area (Å²) in [5.74, 6) is -0.484. The van der Waals surface area contributed by atoms with E-state index in [1.165, 1.54) is 0 Å². The van der Waals surface area contributed by atoms with Crippen molar-refractivity contribution < 1.29 is 13.2 Å². The molecule has 0 fully saturated rings. The van der Waals surface area contributed by atoms with Gasteiger partial charge in [-0.25, -0.2) is 13.8 Å². The van der Waals surface area contributed by atoms with Gasteiger partial charge in [0.05, 0.1) is 11.9 Å². The first kappa shape index (κ1) is 19.2. The summed E-state index contributed by atoms with van der Waals surface area (Å²) in [5.41, 5.74) is 4.28. The summed E-state index contributed by atoms with van der Waals surface area (Å²) < 4.78 is 25.1. The zero-order chi connectivity index (χ0) is 17.8. The van der Waals surface area contributed by atoms with Crippen LogP contribution in [0.25, 0.3) is 0 Å². The van der Waals surface area contributed by atoms with E-state index in [0.29, 0.717) is 5.69 Å². The first-order chi connectivity index (χ1) is 10.4. The topological polar surface area (TPSA) is 78.8 Å². The molecule has 0 heterocycles. The van der Waals surface area contributed by atoms with Crippen molar-refractivity contribution >= 4 is 27.3 Å². The smallest absolute Gasteiger partial charge is 0.260 e. The molecule has 0 saturated carbocycles. The molecule has 23 heavy (non-hydrogen) atoms. The molecule has 7 heteroatoms. The number of benzene rings is 1. The Bertz CT molecular complexity index is 704. The molecule has 0 saturated heterocycles. The molecule has 1 rings (SSSR count). The van der Waals surface area contributed by atoms with Crippen molar-refractivity contribution in [2.75, 3.05) is 17.1 Å². The highest BCUT2D eigenvalue weighted by molar-refractivity contribution is 7.92. The van der Waals surface area contributed by atoms with E-state index in [4.69, 9.17) is 0 Å². The Morgan fingerprint density at radius 3 is 2.30 bits per heavy atom. The number of carbonyl (C=O) groups is 1. The molecule has 0 unspecified atom stereocenters. The average molecular weight is 339 g/mol. The van der Waals surface area contributed by atoms with Crippen LogP contribution in [0.5, 0.6) is 0 Å². The second-order valence-electron chi connectivity index (χ2n) is 6.54. The normalized spacial score (nSPS) is 12.9. The van der Waals surface area contributed by atoms with E-state index in [0.717, 1.165) is 21.8 Å². The van der Waals surface area contributed by atoms with Crippen LogP contribution in [0, 0.1) is 12.3 Å². The van der Waals surface area contributed by atoms with Gasteiger partial charge in [0.25, 0.3) is 5.91 Å². The van der Waals surface area contributed by atoms with Gasteiger partial charge in [0.15, 0.2) is 0 Å². The zero-order valence-corrected chi connectivity index (χ0v) is 15.4. The Kier molecular flexibility index (Phi) is 5.93. The number of hydrogen-bond donors (Lipinski definition) is 1. The molecule has 0 spiro atoms. The second kappa shape index (κ2) is 7.12. The van der Waals surface area contributed by atoms with E-state index in [1.807, 2.05) is 33.8 Å². The third kappa shape index (κ3) is 5.67. The van der Waals surface area contributed by atoms with Gasteiger partial charge >= 0.3 is 0 Å². The Morgan fingerprint density at radius 1 is 1.26 bits per heavy atom. The highest BCUT2D eigenvalue weighted by Crippen LogP contribution is 2.21. The highest BCUT2D eigenvalue weighted by Gasteiger charge is 2.22. The molecular formula is C16H25N3O3S. The summed E-state index contributed by atoms with van der Waals surface area (Å²) in [7, 11) is -3.58. The molecular weight excluding hydrogens is 314 g/mol. The minimum Gasteiger partial charge on any atom is -0.271 e. The number of hydrogen-bond acceptors (Lipinski definition) is 4. The number of rotatable bonds is 5. The van der Waals surface area contributed by atoms with Gasteiger partial charge < -0.3 is 0 Å². The van der Waals surface area contributed by atoms with Crippen molar-refractivity contribution in [1.29, 1.82) is 0 Å². The zero-order valence-electron chi connectivity index (χ0n) is 14.5. The maximum atomic E-state index is 12.1. The van der Waals surface area contributed by atoms with E-state index in [-0.39, 0.29) is 12.0 Å². The van der Waals surface area contributed by atoms with E-state index in [9.17, 15) is 13.2 Å². The number of nitrogens with one attached hydrogen (secondary N) is 1. The van der Waals surface area contributed by atoms with Crippen LogP contribution in [0.2, 0.25) is 0 Å². The first-order valence-corrected chi connectivity index (χ1v) is 9.14. The van der Waals surface area contributed by atoms with Gasteiger partial charge in [-0.15, -0.1) is 0 Å². The fraction of sp³-hybridized carbons (Fsp3) is 0.500.